The van der Waals surface area contributed by atoms with Crippen LogP contribution in [0.5, 0.6) is 5.75 Å². The molecule has 120 valence electrons. The van der Waals surface area contributed by atoms with E-state index in [0.29, 0.717) is 16.8 Å². The number of nitrogens with one attached hydrogen (secondary N) is 1. The molecule has 0 unspecified atom stereocenters. The van der Waals surface area contributed by atoms with Crippen LogP contribution in [0.2, 0.25) is 0 Å². The molecule has 2 aromatic rings. The average molecular weight is 315 g/mol. The fraction of sp³-hybridized carbons (Fsp3) is 0.235. The fourth-order valence-corrected chi connectivity index (χ4v) is 2.44. The van der Waals surface area contributed by atoms with E-state index in [9.17, 15) is 19.5 Å². The quantitative estimate of drug-likeness (QED) is 0.653. The van der Waals surface area contributed by atoms with Crippen molar-refractivity contribution in [2.75, 3.05) is 6.61 Å². The summed E-state index contributed by atoms with van der Waals surface area (Å²) >= 11 is 0. The summed E-state index contributed by atoms with van der Waals surface area (Å²) in [5.41, 5.74) is 2.16. The molecule has 23 heavy (non-hydrogen) atoms. The molecule has 6 nitrogen and oxygen atoms in total. The van der Waals surface area contributed by atoms with Crippen molar-refractivity contribution in [2.45, 2.75) is 20.8 Å². The summed E-state index contributed by atoms with van der Waals surface area (Å²) in [6.07, 6.45) is 0. The standard InChI is InChI=1S/C17H17NO5/c1-9-15(11(3)19)10(2)18-16(9)14(21)8-23-17(22)12-4-6-13(20)7-5-12/h4-7,18,20H,8H2,1-3H3. The van der Waals surface area contributed by atoms with Gasteiger partial charge in [-0.1, -0.05) is 0 Å². The van der Waals surface area contributed by atoms with E-state index < -0.39 is 18.4 Å². The van der Waals surface area contributed by atoms with Gasteiger partial charge in [0.2, 0.25) is 5.78 Å². The number of aromatic amines is 1. The number of phenolic OH excluding ortho intramolecular Hbond substituents is 1. The second-order valence-corrected chi connectivity index (χ2v) is 5.23. The Bertz CT molecular complexity index is 771. The van der Waals surface area contributed by atoms with Crippen molar-refractivity contribution in [2.24, 2.45) is 0 Å². The molecule has 0 saturated carbocycles. The Kier molecular flexibility index (Phi) is 4.64. The van der Waals surface area contributed by atoms with Crippen LogP contribution in [0.15, 0.2) is 24.3 Å². The molecule has 0 aliphatic rings. The Morgan fingerprint density at radius 3 is 2.26 bits per heavy atom. The summed E-state index contributed by atoms with van der Waals surface area (Å²) in [6, 6.07) is 5.52. The summed E-state index contributed by atoms with van der Waals surface area (Å²) in [5.74, 6) is -1.17. The van der Waals surface area contributed by atoms with Crippen molar-refractivity contribution in [1.29, 1.82) is 0 Å². The predicted octanol–water partition coefficient (Wildman–Crippen LogP) is 2.58. The molecule has 0 radical (unpaired) electrons. The van der Waals surface area contributed by atoms with Crippen LogP contribution in [-0.2, 0) is 4.74 Å². The van der Waals surface area contributed by atoms with Gasteiger partial charge in [-0.25, -0.2) is 4.79 Å². The number of ether oxygens (including phenoxy) is 1. The molecule has 0 saturated heterocycles. The molecule has 0 spiro atoms. The molecule has 6 heteroatoms. The Morgan fingerprint density at radius 1 is 1.13 bits per heavy atom. The predicted molar refractivity (Wildman–Crippen MR) is 83.0 cm³/mol. The molecular formula is C17H17NO5. The lowest BCUT2D eigenvalue weighted by Crippen LogP contribution is -2.15. The molecule has 0 atom stereocenters. The highest BCUT2D eigenvalue weighted by molar-refractivity contribution is 6.04. The molecule has 1 aromatic carbocycles. The number of aryl methyl sites for hydroxylation is 1. The number of aromatic hydroxyl groups is 1. The first kappa shape index (κ1) is 16.5. The Labute approximate surface area is 133 Å². The second-order valence-electron chi connectivity index (χ2n) is 5.23. The summed E-state index contributed by atoms with van der Waals surface area (Å²) in [4.78, 5) is 38.5. The van der Waals surface area contributed by atoms with E-state index in [0.717, 1.165) is 0 Å². The summed E-state index contributed by atoms with van der Waals surface area (Å²) < 4.78 is 4.97. The van der Waals surface area contributed by atoms with Crippen LogP contribution in [0.25, 0.3) is 0 Å². The molecule has 2 N–H and O–H groups in total. The second kappa shape index (κ2) is 6.48. The van der Waals surface area contributed by atoms with E-state index in [2.05, 4.69) is 4.98 Å². The van der Waals surface area contributed by atoms with Crippen molar-refractivity contribution in [3.8, 4) is 5.75 Å². The summed E-state index contributed by atoms with van der Waals surface area (Å²) in [7, 11) is 0. The summed E-state index contributed by atoms with van der Waals surface area (Å²) in [5, 5.41) is 9.17. The van der Waals surface area contributed by atoms with Crippen LogP contribution in [-0.4, -0.2) is 34.2 Å². The van der Waals surface area contributed by atoms with Crippen LogP contribution >= 0.6 is 0 Å². The number of carbonyl (C=O) groups is 3. The number of esters is 1. The van der Waals surface area contributed by atoms with Crippen molar-refractivity contribution in [3.05, 3.63) is 52.3 Å². The van der Waals surface area contributed by atoms with Crippen molar-refractivity contribution < 1.29 is 24.2 Å². The van der Waals surface area contributed by atoms with Gasteiger partial charge in [-0.05, 0) is 50.6 Å². The minimum Gasteiger partial charge on any atom is -0.508 e. The SMILES string of the molecule is CC(=O)c1c(C)[nH]c(C(=O)COC(=O)c2ccc(O)cc2)c1C. The normalized spacial score (nSPS) is 10.4. The van der Waals surface area contributed by atoms with E-state index in [1.807, 2.05) is 0 Å². The molecule has 0 fully saturated rings. The van der Waals surface area contributed by atoms with Gasteiger partial charge in [-0.2, -0.15) is 0 Å². The first-order chi connectivity index (χ1) is 10.8. The maximum atomic E-state index is 12.2. The number of rotatable bonds is 5. The van der Waals surface area contributed by atoms with Gasteiger partial charge in [0.05, 0.1) is 11.3 Å². The topological polar surface area (TPSA) is 96.5 Å². The zero-order valence-corrected chi connectivity index (χ0v) is 13.1. The highest BCUT2D eigenvalue weighted by Crippen LogP contribution is 2.19. The number of hydrogen-bond donors (Lipinski definition) is 2. The first-order valence-corrected chi connectivity index (χ1v) is 7.00. The van der Waals surface area contributed by atoms with Gasteiger partial charge in [0.1, 0.15) is 5.75 Å². The first-order valence-electron chi connectivity index (χ1n) is 7.00. The molecule has 2 rings (SSSR count). The van der Waals surface area contributed by atoms with Gasteiger partial charge in [0.15, 0.2) is 12.4 Å². The summed E-state index contributed by atoms with van der Waals surface area (Å²) in [6.45, 7) is 4.39. The van der Waals surface area contributed by atoms with Gasteiger partial charge in [0.25, 0.3) is 0 Å². The number of benzene rings is 1. The van der Waals surface area contributed by atoms with E-state index in [1.54, 1.807) is 13.8 Å². The number of hydrogen-bond acceptors (Lipinski definition) is 5. The van der Waals surface area contributed by atoms with Crippen LogP contribution in [0, 0.1) is 13.8 Å². The highest BCUT2D eigenvalue weighted by Gasteiger charge is 2.21. The minimum atomic E-state index is -0.661. The van der Waals surface area contributed by atoms with Gasteiger partial charge < -0.3 is 14.8 Å². The molecular weight excluding hydrogens is 298 g/mol. The van der Waals surface area contributed by atoms with Gasteiger partial charge in [-0.15, -0.1) is 0 Å². The van der Waals surface area contributed by atoms with Gasteiger partial charge in [-0.3, -0.25) is 9.59 Å². The smallest absolute Gasteiger partial charge is 0.338 e. The molecule has 0 bridgehead atoms. The van der Waals surface area contributed by atoms with E-state index >= 15 is 0 Å². The lowest BCUT2D eigenvalue weighted by molar-refractivity contribution is 0.0473. The third-order valence-corrected chi connectivity index (χ3v) is 3.51. The fourth-order valence-electron chi connectivity index (χ4n) is 2.44. The third-order valence-electron chi connectivity index (χ3n) is 3.51. The van der Waals surface area contributed by atoms with Crippen LogP contribution in [0.4, 0.5) is 0 Å². The van der Waals surface area contributed by atoms with Crippen molar-refractivity contribution >= 4 is 17.5 Å². The molecule has 0 amide bonds. The van der Waals surface area contributed by atoms with Crippen LogP contribution in [0.3, 0.4) is 0 Å². The number of H-pyrrole nitrogens is 1. The van der Waals surface area contributed by atoms with Crippen molar-refractivity contribution in [1.82, 2.24) is 4.98 Å². The largest absolute Gasteiger partial charge is 0.508 e. The zero-order chi connectivity index (χ0) is 17.1. The molecule has 1 aromatic heterocycles. The number of ketones is 2. The van der Waals surface area contributed by atoms with Crippen LogP contribution < -0.4 is 0 Å². The lowest BCUT2D eigenvalue weighted by atomic mass is 10.1. The van der Waals surface area contributed by atoms with Gasteiger partial charge in [0, 0.05) is 11.3 Å². The van der Waals surface area contributed by atoms with E-state index in [1.165, 1.54) is 31.2 Å². The van der Waals surface area contributed by atoms with E-state index in [4.69, 9.17) is 4.74 Å². The van der Waals surface area contributed by atoms with Crippen molar-refractivity contribution in [3.63, 3.8) is 0 Å². The Hall–Kier alpha value is -2.89. The number of Topliss-reactive ketones (excluding diaryl/α,β-unsaturated/α-hetero) is 2. The average Bonchev–Trinajstić information content (AvgIpc) is 2.80. The Balaban J connectivity index is 2.08. The lowest BCUT2D eigenvalue weighted by Gasteiger charge is -2.04. The monoisotopic (exact) mass is 315 g/mol. The minimum absolute atomic E-state index is 0.0341. The maximum absolute atomic E-state index is 12.2. The zero-order valence-electron chi connectivity index (χ0n) is 13.1. The molecule has 0 aliphatic carbocycles. The number of phenols is 1. The molecule has 0 aliphatic heterocycles. The third kappa shape index (κ3) is 3.48. The Morgan fingerprint density at radius 2 is 1.74 bits per heavy atom. The van der Waals surface area contributed by atoms with Gasteiger partial charge >= 0.3 is 5.97 Å². The number of aromatic nitrogens is 1. The highest BCUT2D eigenvalue weighted by atomic mass is 16.5. The maximum Gasteiger partial charge on any atom is 0.338 e. The number of carbonyl (C=O) groups excluding carboxylic acids is 3. The van der Waals surface area contributed by atoms with E-state index in [-0.39, 0.29) is 22.8 Å². The van der Waals surface area contributed by atoms with Crippen LogP contribution in [0.1, 0.15) is 49.4 Å². The molecule has 1 heterocycles.